The van der Waals surface area contributed by atoms with Crippen LogP contribution in [-0.4, -0.2) is 67.3 Å². The predicted molar refractivity (Wildman–Crippen MR) is 123 cm³/mol. The quantitative estimate of drug-likeness (QED) is 0.667. The Hall–Kier alpha value is -3.26. The number of benzene rings is 2. The maximum atomic E-state index is 13.5. The number of rotatable bonds is 4. The minimum Gasteiger partial charge on any atom is -0.319 e. The molecule has 2 aromatic carbocycles. The lowest BCUT2D eigenvalue weighted by Gasteiger charge is -2.36. The summed E-state index contributed by atoms with van der Waals surface area (Å²) in [5.41, 5.74) is 1.05. The second-order valence-corrected chi connectivity index (χ2v) is 10.8. The third-order valence-corrected chi connectivity index (χ3v) is 8.91. The molecule has 176 valence electrons. The molecule has 10 heteroatoms. The van der Waals surface area contributed by atoms with Gasteiger partial charge in [0.05, 0.1) is 17.1 Å². The van der Waals surface area contributed by atoms with Crippen LogP contribution in [0.2, 0.25) is 0 Å². The Morgan fingerprint density at radius 1 is 1.00 bits per heavy atom. The van der Waals surface area contributed by atoms with E-state index in [-0.39, 0.29) is 36.1 Å². The number of carbonyl (C=O) groups excluding carboxylic acids is 2. The molecule has 2 heterocycles. The van der Waals surface area contributed by atoms with Gasteiger partial charge in [0.15, 0.2) is 0 Å². The maximum Gasteiger partial charge on any atom is 0.326 e. The molecular formula is C24H25N5O4S. The number of hydrogen-bond acceptors (Lipinski definition) is 6. The molecule has 0 saturated carbocycles. The van der Waals surface area contributed by atoms with Crippen LogP contribution in [-0.2, 0) is 26.8 Å². The number of nitrogens with zero attached hydrogens (tertiary/aromatic N) is 4. The number of hydrogen-bond donors (Lipinski definition) is 1. The van der Waals surface area contributed by atoms with E-state index in [9.17, 15) is 23.3 Å². The number of sulfonamides is 1. The molecule has 5 rings (SSSR count). The van der Waals surface area contributed by atoms with Gasteiger partial charge >= 0.3 is 6.03 Å². The van der Waals surface area contributed by atoms with Gasteiger partial charge in [-0.1, -0.05) is 36.4 Å². The van der Waals surface area contributed by atoms with Crippen LogP contribution >= 0.6 is 0 Å². The van der Waals surface area contributed by atoms with Crippen LogP contribution < -0.4 is 5.32 Å². The lowest BCUT2D eigenvalue weighted by atomic mass is 9.76. The summed E-state index contributed by atoms with van der Waals surface area (Å²) in [6, 6.07) is 15.4. The molecule has 1 aliphatic carbocycles. The molecule has 2 saturated heterocycles. The molecule has 0 bridgehead atoms. The fourth-order valence-electron chi connectivity index (χ4n) is 5.17. The number of aryl methyl sites for hydroxylation is 1. The lowest BCUT2D eigenvalue weighted by Crippen LogP contribution is -2.53. The van der Waals surface area contributed by atoms with Crippen LogP contribution in [0.3, 0.4) is 0 Å². The van der Waals surface area contributed by atoms with Gasteiger partial charge in [0.25, 0.3) is 5.91 Å². The molecule has 0 aromatic heterocycles. The van der Waals surface area contributed by atoms with E-state index in [4.69, 9.17) is 0 Å². The van der Waals surface area contributed by atoms with Crippen molar-refractivity contribution in [2.45, 2.75) is 29.7 Å². The number of piperazine rings is 1. The SMILES string of the molecule is N#Cc1ccccc1S(=O)(=O)N1CCN(CN2C(=O)NC3(CCCc4ccccc43)C2=O)CC1. The largest absolute Gasteiger partial charge is 0.326 e. The first kappa shape index (κ1) is 22.5. The Labute approximate surface area is 198 Å². The van der Waals surface area contributed by atoms with Crippen molar-refractivity contribution in [3.8, 4) is 6.07 Å². The van der Waals surface area contributed by atoms with Gasteiger partial charge in [-0.15, -0.1) is 0 Å². The molecule has 2 fully saturated rings. The standard InChI is InChI=1S/C24H25N5O4S/c25-16-19-7-2-4-10-21(19)34(32,33)28-14-12-27(13-15-28)17-29-22(30)24(26-23(29)31)11-5-8-18-6-1-3-9-20(18)24/h1-4,6-7,9-10H,5,8,11-15,17H2,(H,26,31). The Balaban J connectivity index is 1.28. The van der Waals surface area contributed by atoms with E-state index < -0.39 is 21.6 Å². The second-order valence-electron chi connectivity index (χ2n) is 8.85. The van der Waals surface area contributed by atoms with Gasteiger partial charge in [0, 0.05) is 26.2 Å². The number of amides is 3. The number of carbonyl (C=O) groups is 2. The molecular weight excluding hydrogens is 454 g/mol. The fraction of sp³-hybridized carbons (Fsp3) is 0.375. The lowest BCUT2D eigenvalue weighted by molar-refractivity contribution is -0.133. The normalized spacial score (nSPS) is 23.6. The second kappa shape index (κ2) is 8.51. The van der Waals surface area contributed by atoms with Crippen molar-refractivity contribution in [1.29, 1.82) is 5.26 Å². The summed E-state index contributed by atoms with van der Waals surface area (Å²) in [5, 5.41) is 12.2. The van der Waals surface area contributed by atoms with Crippen LogP contribution in [0.4, 0.5) is 4.79 Å². The Kier molecular flexibility index (Phi) is 5.64. The van der Waals surface area contributed by atoms with Gasteiger partial charge in [0.2, 0.25) is 10.0 Å². The summed E-state index contributed by atoms with van der Waals surface area (Å²) in [5.74, 6) is -0.248. The molecule has 0 radical (unpaired) electrons. The minimum absolute atomic E-state index is 0.00189. The summed E-state index contributed by atoms with van der Waals surface area (Å²) in [6.45, 7) is 1.26. The van der Waals surface area contributed by atoms with Crippen LogP contribution in [0.25, 0.3) is 0 Å². The van der Waals surface area contributed by atoms with Gasteiger partial charge < -0.3 is 5.32 Å². The van der Waals surface area contributed by atoms with E-state index in [0.717, 1.165) is 24.0 Å². The highest BCUT2D eigenvalue weighted by atomic mass is 32.2. The van der Waals surface area contributed by atoms with E-state index in [1.54, 1.807) is 12.1 Å². The number of nitriles is 1. The zero-order valence-corrected chi connectivity index (χ0v) is 19.4. The first-order valence-electron chi connectivity index (χ1n) is 11.3. The summed E-state index contributed by atoms with van der Waals surface area (Å²) in [4.78, 5) is 29.5. The molecule has 1 atom stereocenters. The van der Waals surface area contributed by atoms with Crippen molar-refractivity contribution in [3.05, 3.63) is 65.2 Å². The van der Waals surface area contributed by atoms with Gasteiger partial charge in [0.1, 0.15) is 11.6 Å². The fourth-order valence-corrected chi connectivity index (χ4v) is 6.74. The highest BCUT2D eigenvalue weighted by Gasteiger charge is 2.54. The molecule has 34 heavy (non-hydrogen) atoms. The smallest absolute Gasteiger partial charge is 0.319 e. The summed E-state index contributed by atoms with van der Waals surface area (Å²) in [7, 11) is -3.81. The third-order valence-electron chi connectivity index (χ3n) is 6.95. The molecule has 1 N–H and O–H groups in total. The van der Waals surface area contributed by atoms with E-state index >= 15 is 0 Å². The van der Waals surface area contributed by atoms with Crippen LogP contribution in [0, 0.1) is 11.3 Å². The highest BCUT2D eigenvalue weighted by molar-refractivity contribution is 7.89. The number of urea groups is 1. The molecule has 3 amide bonds. The Bertz CT molecular complexity index is 1300. The average molecular weight is 480 g/mol. The van der Waals surface area contributed by atoms with Gasteiger partial charge in [-0.05, 0) is 42.5 Å². The van der Waals surface area contributed by atoms with E-state index in [0.29, 0.717) is 19.5 Å². The van der Waals surface area contributed by atoms with Crippen molar-refractivity contribution < 1.29 is 18.0 Å². The first-order chi connectivity index (χ1) is 16.4. The van der Waals surface area contributed by atoms with E-state index in [2.05, 4.69) is 5.32 Å². The van der Waals surface area contributed by atoms with Crippen molar-refractivity contribution in [2.24, 2.45) is 0 Å². The first-order valence-corrected chi connectivity index (χ1v) is 12.7. The molecule has 3 aliphatic rings. The number of nitrogens with one attached hydrogen (secondary N) is 1. The predicted octanol–water partition coefficient (Wildman–Crippen LogP) is 1.61. The topological polar surface area (TPSA) is 114 Å². The highest BCUT2D eigenvalue weighted by Crippen LogP contribution is 2.40. The van der Waals surface area contributed by atoms with Gasteiger partial charge in [-0.3, -0.25) is 9.69 Å². The minimum atomic E-state index is -3.81. The van der Waals surface area contributed by atoms with Gasteiger partial charge in [-0.2, -0.15) is 9.57 Å². The monoisotopic (exact) mass is 479 g/mol. The zero-order chi connectivity index (χ0) is 23.9. The summed E-state index contributed by atoms with van der Waals surface area (Å²) >= 11 is 0. The molecule has 9 nitrogen and oxygen atoms in total. The van der Waals surface area contributed by atoms with Crippen molar-refractivity contribution in [3.63, 3.8) is 0 Å². The summed E-state index contributed by atoms with van der Waals surface area (Å²) in [6.07, 6.45) is 2.26. The zero-order valence-electron chi connectivity index (χ0n) is 18.6. The van der Waals surface area contributed by atoms with E-state index in [1.807, 2.05) is 35.2 Å². The van der Waals surface area contributed by atoms with Crippen molar-refractivity contribution >= 4 is 22.0 Å². The molecule has 2 aliphatic heterocycles. The van der Waals surface area contributed by atoms with E-state index in [1.165, 1.54) is 21.3 Å². The van der Waals surface area contributed by atoms with Gasteiger partial charge in [-0.25, -0.2) is 18.1 Å². The summed E-state index contributed by atoms with van der Waals surface area (Å²) < 4.78 is 27.5. The third kappa shape index (κ3) is 3.57. The number of imide groups is 1. The Morgan fingerprint density at radius 3 is 2.47 bits per heavy atom. The number of fused-ring (bicyclic) bond motifs is 2. The van der Waals surface area contributed by atoms with Crippen LogP contribution in [0.1, 0.15) is 29.5 Å². The average Bonchev–Trinajstić information content (AvgIpc) is 3.09. The molecule has 2 aromatic rings. The van der Waals surface area contributed by atoms with Crippen molar-refractivity contribution in [2.75, 3.05) is 32.8 Å². The molecule has 1 spiro atoms. The van der Waals surface area contributed by atoms with Crippen LogP contribution in [0.5, 0.6) is 0 Å². The molecule has 1 unspecified atom stereocenters. The maximum absolute atomic E-state index is 13.5. The van der Waals surface area contributed by atoms with Crippen LogP contribution in [0.15, 0.2) is 53.4 Å². The Morgan fingerprint density at radius 2 is 1.71 bits per heavy atom. The van der Waals surface area contributed by atoms with Crippen molar-refractivity contribution in [1.82, 2.24) is 19.4 Å².